The number of hydrogen-bond acceptors (Lipinski definition) is 5. The van der Waals surface area contributed by atoms with E-state index in [1.807, 2.05) is 0 Å². The van der Waals surface area contributed by atoms with Crippen LogP contribution in [0.2, 0.25) is 0 Å². The van der Waals surface area contributed by atoms with E-state index in [4.69, 9.17) is 9.47 Å². The largest absolute Gasteiger partial charge is 0.507 e. The third-order valence-electron chi connectivity index (χ3n) is 3.98. The molecule has 3 aromatic rings. The lowest BCUT2D eigenvalue weighted by Gasteiger charge is -2.10. The second kappa shape index (κ2) is 6.29. The molecule has 7 nitrogen and oxygen atoms in total. The molecule has 3 N–H and O–H groups in total. The van der Waals surface area contributed by atoms with Gasteiger partial charge in [0.2, 0.25) is 6.79 Å². The van der Waals surface area contributed by atoms with Crippen LogP contribution < -0.4 is 20.1 Å². The monoisotopic (exact) mass is 350 g/mol. The first kappa shape index (κ1) is 15.8. The Morgan fingerprint density at radius 2 is 1.58 bits per heavy atom. The summed E-state index contributed by atoms with van der Waals surface area (Å²) in [6.45, 7) is 0.126. The van der Waals surface area contributed by atoms with Gasteiger partial charge >= 0.3 is 11.8 Å². The van der Waals surface area contributed by atoms with E-state index in [9.17, 15) is 14.7 Å². The lowest BCUT2D eigenvalue weighted by molar-refractivity contribution is -0.132. The highest BCUT2D eigenvalue weighted by Gasteiger charge is 2.18. The highest BCUT2D eigenvalue weighted by molar-refractivity contribution is 6.44. The minimum atomic E-state index is -0.821. The van der Waals surface area contributed by atoms with Crippen molar-refractivity contribution in [3.63, 3.8) is 0 Å². The van der Waals surface area contributed by atoms with Crippen LogP contribution >= 0.6 is 0 Å². The van der Waals surface area contributed by atoms with Crippen LogP contribution in [0.1, 0.15) is 0 Å². The fraction of sp³-hybridized carbons (Fsp3) is 0.0526. The maximum atomic E-state index is 12.2. The number of rotatable bonds is 2. The van der Waals surface area contributed by atoms with E-state index >= 15 is 0 Å². The van der Waals surface area contributed by atoms with Crippen molar-refractivity contribution < 1.29 is 24.2 Å². The molecule has 130 valence electrons. The van der Waals surface area contributed by atoms with Crippen molar-refractivity contribution in [3.8, 4) is 17.2 Å². The number of benzene rings is 3. The second-order valence-electron chi connectivity index (χ2n) is 5.65. The van der Waals surface area contributed by atoms with E-state index in [1.165, 1.54) is 0 Å². The van der Waals surface area contributed by atoms with Crippen molar-refractivity contribution in [2.75, 3.05) is 17.4 Å². The lowest BCUT2D eigenvalue weighted by atomic mass is 10.1. The van der Waals surface area contributed by atoms with Crippen LogP contribution in [0.3, 0.4) is 0 Å². The molecular formula is C19H14N2O5. The number of aromatic hydroxyl groups is 1. The van der Waals surface area contributed by atoms with Crippen molar-refractivity contribution in [2.45, 2.75) is 0 Å². The summed E-state index contributed by atoms with van der Waals surface area (Å²) in [5.74, 6) is -0.446. The number of carbonyl (C=O) groups is 2. The predicted molar refractivity (Wildman–Crippen MR) is 95.4 cm³/mol. The summed E-state index contributed by atoms with van der Waals surface area (Å²) in [5.41, 5.74) is 0.856. The number of phenols is 1. The molecule has 2 amide bonds. The Hall–Kier alpha value is -3.74. The Morgan fingerprint density at radius 1 is 0.846 bits per heavy atom. The van der Waals surface area contributed by atoms with Gasteiger partial charge in [-0.15, -0.1) is 0 Å². The lowest BCUT2D eigenvalue weighted by Crippen LogP contribution is -2.29. The first-order valence-electron chi connectivity index (χ1n) is 7.84. The van der Waals surface area contributed by atoms with E-state index in [2.05, 4.69) is 10.6 Å². The normalized spacial score (nSPS) is 12.0. The molecule has 0 aliphatic carbocycles. The smallest absolute Gasteiger partial charge is 0.314 e. The predicted octanol–water partition coefficient (Wildman–Crippen LogP) is 2.85. The van der Waals surface area contributed by atoms with Crippen LogP contribution in [-0.4, -0.2) is 23.7 Å². The van der Waals surface area contributed by atoms with Crippen LogP contribution in [0.4, 0.5) is 11.4 Å². The third kappa shape index (κ3) is 2.86. The minimum Gasteiger partial charge on any atom is -0.507 e. The van der Waals surface area contributed by atoms with Gasteiger partial charge in [-0.1, -0.05) is 24.3 Å². The molecule has 1 heterocycles. The molecule has 0 atom stereocenters. The summed E-state index contributed by atoms with van der Waals surface area (Å²) in [7, 11) is 0. The van der Waals surface area contributed by atoms with Gasteiger partial charge in [-0.25, -0.2) is 0 Å². The number of amides is 2. The van der Waals surface area contributed by atoms with Crippen LogP contribution in [0.25, 0.3) is 10.8 Å². The fourth-order valence-corrected chi connectivity index (χ4v) is 2.74. The molecule has 0 bridgehead atoms. The number of hydrogen-bond donors (Lipinski definition) is 3. The first-order valence-corrected chi connectivity index (χ1v) is 7.84. The number of fused-ring (bicyclic) bond motifs is 2. The molecule has 1 aliphatic rings. The van der Waals surface area contributed by atoms with Gasteiger partial charge in [0.1, 0.15) is 5.75 Å². The number of nitrogens with one attached hydrogen (secondary N) is 2. The van der Waals surface area contributed by atoms with E-state index in [1.54, 1.807) is 54.6 Å². The molecular weight excluding hydrogens is 336 g/mol. The molecule has 0 spiro atoms. The summed E-state index contributed by atoms with van der Waals surface area (Å²) in [5, 5.41) is 16.2. The maximum Gasteiger partial charge on any atom is 0.314 e. The molecule has 0 unspecified atom stereocenters. The molecule has 0 saturated carbocycles. The quantitative estimate of drug-likeness (QED) is 0.618. The van der Waals surface area contributed by atoms with E-state index in [-0.39, 0.29) is 12.5 Å². The minimum absolute atomic E-state index is 0.100. The van der Waals surface area contributed by atoms with Gasteiger partial charge in [0.25, 0.3) is 0 Å². The Balaban J connectivity index is 1.51. The SMILES string of the molecule is O=C(Nc1ccc2c(c1)OCO2)C(=O)Nc1cccc2c(O)cccc12. The zero-order valence-corrected chi connectivity index (χ0v) is 13.5. The number of anilines is 2. The fourth-order valence-electron chi connectivity index (χ4n) is 2.74. The molecule has 7 heteroatoms. The van der Waals surface area contributed by atoms with Crippen LogP contribution in [0, 0.1) is 0 Å². The molecule has 0 aromatic heterocycles. The van der Waals surface area contributed by atoms with E-state index < -0.39 is 11.8 Å². The van der Waals surface area contributed by atoms with Crippen molar-refractivity contribution >= 4 is 34.0 Å². The van der Waals surface area contributed by atoms with Crippen molar-refractivity contribution in [3.05, 3.63) is 54.6 Å². The first-order chi connectivity index (χ1) is 12.6. The topological polar surface area (TPSA) is 96.9 Å². The Labute approximate surface area is 148 Å². The van der Waals surface area contributed by atoms with Crippen molar-refractivity contribution in [2.24, 2.45) is 0 Å². The summed E-state index contributed by atoms with van der Waals surface area (Å²) >= 11 is 0. The maximum absolute atomic E-state index is 12.2. The highest BCUT2D eigenvalue weighted by atomic mass is 16.7. The highest BCUT2D eigenvalue weighted by Crippen LogP contribution is 2.34. The molecule has 4 rings (SSSR count). The van der Waals surface area contributed by atoms with Gasteiger partial charge < -0.3 is 25.2 Å². The number of carbonyl (C=O) groups excluding carboxylic acids is 2. The number of phenolic OH excluding ortho intramolecular Hbond substituents is 1. The average molecular weight is 350 g/mol. The number of ether oxygens (including phenoxy) is 2. The van der Waals surface area contributed by atoms with Crippen molar-refractivity contribution in [1.82, 2.24) is 0 Å². The van der Waals surface area contributed by atoms with Gasteiger partial charge in [0.15, 0.2) is 11.5 Å². The van der Waals surface area contributed by atoms with Gasteiger partial charge in [-0.05, 0) is 24.3 Å². The molecule has 26 heavy (non-hydrogen) atoms. The van der Waals surface area contributed by atoms with E-state index in [0.29, 0.717) is 33.6 Å². The molecule has 0 radical (unpaired) electrons. The average Bonchev–Trinajstić information content (AvgIpc) is 3.10. The van der Waals surface area contributed by atoms with Crippen molar-refractivity contribution in [1.29, 1.82) is 0 Å². The standard InChI is InChI=1S/C19H14N2O5/c22-15-6-2-3-12-13(15)4-1-5-14(12)21-19(24)18(23)20-11-7-8-16-17(9-11)26-10-25-16/h1-9,22H,10H2,(H,20,23)(H,21,24). The summed E-state index contributed by atoms with van der Waals surface area (Å²) in [6.07, 6.45) is 0. The van der Waals surface area contributed by atoms with Crippen LogP contribution in [0.5, 0.6) is 17.2 Å². The third-order valence-corrected chi connectivity index (χ3v) is 3.98. The van der Waals surface area contributed by atoms with Gasteiger partial charge in [-0.3, -0.25) is 9.59 Å². The van der Waals surface area contributed by atoms with Gasteiger partial charge in [0.05, 0.1) is 0 Å². The van der Waals surface area contributed by atoms with Gasteiger partial charge in [-0.2, -0.15) is 0 Å². The molecule has 1 aliphatic heterocycles. The second-order valence-corrected chi connectivity index (χ2v) is 5.65. The summed E-state index contributed by atoms with van der Waals surface area (Å²) in [6, 6.07) is 14.9. The molecule has 3 aromatic carbocycles. The summed E-state index contributed by atoms with van der Waals surface area (Å²) < 4.78 is 10.4. The van der Waals surface area contributed by atoms with Crippen LogP contribution in [0.15, 0.2) is 54.6 Å². The molecule has 0 fully saturated rings. The zero-order valence-electron chi connectivity index (χ0n) is 13.5. The Bertz CT molecular complexity index is 1030. The van der Waals surface area contributed by atoms with Crippen LogP contribution in [-0.2, 0) is 9.59 Å². The zero-order chi connectivity index (χ0) is 18.1. The Kier molecular flexibility index (Phi) is 3.81. The summed E-state index contributed by atoms with van der Waals surface area (Å²) in [4.78, 5) is 24.4. The molecule has 0 saturated heterocycles. The van der Waals surface area contributed by atoms with E-state index in [0.717, 1.165) is 0 Å². The van der Waals surface area contributed by atoms with Gasteiger partial charge in [0, 0.05) is 28.2 Å². The Morgan fingerprint density at radius 3 is 2.46 bits per heavy atom.